The summed E-state index contributed by atoms with van der Waals surface area (Å²) in [4.78, 5) is 14.9. The zero-order valence-electron chi connectivity index (χ0n) is 15.0. The van der Waals surface area contributed by atoms with Crippen molar-refractivity contribution in [3.8, 4) is 0 Å². The molecule has 140 valence electrons. The number of hydrogen-bond donors (Lipinski definition) is 1. The van der Waals surface area contributed by atoms with E-state index in [-0.39, 0.29) is 23.7 Å². The Morgan fingerprint density at radius 1 is 1.35 bits per heavy atom. The molecule has 1 saturated heterocycles. The number of carbonyl (C=O) groups is 1. The molecular weight excluding hydrogens is 371 g/mol. The minimum Gasteiger partial charge on any atom is -0.315 e. The van der Waals surface area contributed by atoms with Gasteiger partial charge >= 0.3 is 0 Å². The second-order valence-corrected chi connectivity index (χ2v) is 8.00. The Bertz CT molecular complexity index is 812. The molecule has 4 rings (SSSR count). The molecule has 1 atom stereocenters. The van der Waals surface area contributed by atoms with Crippen LogP contribution < -0.4 is 10.2 Å². The Hall–Kier alpha value is -1.56. The summed E-state index contributed by atoms with van der Waals surface area (Å²) >= 11 is 6.41. The molecule has 5 nitrogen and oxygen atoms in total. The summed E-state index contributed by atoms with van der Waals surface area (Å²) in [6.07, 6.45) is 4.16. The SMILES string of the molecule is CC1(C)CN(C(=O)c2ccn(C3CCCNC3)n2)c2cccc(Cl)c21.Cl. The van der Waals surface area contributed by atoms with E-state index in [9.17, 15) is 4.79 Å². The number of piperidine rings is 1. The molecule has 2 aliphatic heterocycles. The van der Waals surface area contributed by atoms with Gasteiger partial charge < -0.3 is 10.2 Å². The van der Waals surface area contributed by atoms with E-state index >= 15 is 0 Å². The summed E-state index contributed by atoms with van der Waals surface area (Å²) in [5, 5.41) is 8.68. The van der Waals surface area contributed by atoms with Gasteiger partial charge in [-0.1, -0.05) is 31.5 Å². The van der Waals surface area contributed by atoms with Crippen molar-refractivity contribution < 1.29 is 4.79 Å². The maximum absolute atomic E-state index is 13.1. The number of aromatic nitrogens is 2. The summed E-state index contributed by atoms with van der Waals surface area (Å²) in [6.45, 7) is 6.83. The molecule has 0 saturated carbocycles. The van der Waals surface area contributed by atoms with Gasteiger partial charge in [-0.2, -0.15) is 5.10 Å². The molecule has 2 aromatic rings. The Labute approximate surface area is 165 Å². The fraction of sp³-hybridized carbons (Fsp3) is 0.474. The first-order valence-electron chi connectivity index (χ1n) is 8.84. The lowest BCUT2D eigenvalue weighted by molar-refractivity contribution is 0.0980. The van der Waals surface area contributed by atoms with Crippen LogP contribution in [0.25, 0.3) is 0 Å². The summed E-state index contributed by atoms with van der Waals surface area (Å²) < 4.78 is 1.93. The molecule has 1 aromatic carbocycles. The van der Waals surface area contributed by atoms with E-state index < -0.39 is 0 Å². The third kappa shape index (κ3) is 3.24. The Kier molecular flexibility index (Phi) is 5.33. The van der Waals surface area contributed by atoms with E-state index in [4.69, 9.17) is 11.6 Å². The van der Waals surface area contributed by atoms with Crippen molar-refractivity contribution in [2.24, 2.45) is 0 Å². The van der Waals surface area contributed by atoms with Crippen LogP contribution in [-0.4, -0.2) is 35.3 Å². The zero-order chi connectivity index (χ0) is 17.6. The molecule has 0 bridgehead atoms. The highest BCUT2D eigenvalue weighted by molar-refractivity contribution is 6.32. The van der Waals surface area contributed by atoms with Crippen molar-refractivity contribution in [3.05, 3.63) is 46.7 Å². The van der Waals surface area contributed by atoms with Gasteiger partial charge in [0.05, 0.1) is 6.04 Å². The predicted octanol–water partition coefficient (Wildman–Crippen LogP) is 3.82. The molecule has 1 fully saturated rings. The fourth-order valence-corrected chi connectivity index (χ4v) is 4.43. The first-order valence-corrected chi connectivity index (χ1v) is 9.22. The fourth-order valence-electron chi connectivity index (χ4n) is 4.00. The molecule has 1 aromatic heterocycles. The van der Waals surface area contributed by atoms with Gasteiger partial charge in [-0.15, -0.1) is 12.4 Å². The van der Waals surface area contributed by atoms with Crippen molar-refractivity contribution >= 4 is 35.6 Å². The monoisotopic (exact) mass is 394 g/mol. The minimum absolute atomic E-state index is 0. The molecule has 0 spiro atoms. The lowest BCUT2D eigenvalue weighted by Gasteiger charge is -2.23. The number of rotatable bonds is 2. The predicted molar refractivity (Wildman–Crippen MR) is 107 cm³/mol. The van der Waals surface area contributed by atoms with Crippen molar-refractivity contribution in [3.63, 3.8) is 0 Å². The zero-order valence-corrected chi connectivity index (χ0v) is 16.6. The van der Waals surface area contributed by atoms with E-state index in [1.54, 1.807) is 0 Å². The van der Waals surface area contributed by atoms with Crippen LogP contribution in [0.3, 0.4) is 0 Å². The summed E-state index contributed by atoms with van der Waals surface area (Å²) in [5.41, 5.74) is 2.27. The summed E-state index contributed by atoms with van der Waals surface area (Å²) in [7, 11) is 0. The molecule has 3 heterocycles. The molecule has 1 unspecified atom stereocenters. The van der Waals surface area contributed by atoms with Crippen LogP contribution in [0.2, 0.25) is 5.02 Å². The Morgan fingerprint density at radius 2 is 2.15 bits per heavy atom. The number of nitrogens with one attached hydrogen (secondary N) is 1. The second kappa shape index (κ2) is 7.22. The quantitative estimate of drug-likeness (QED) is 0.841. The molecule has 1 amide bonds. The number of benzene rings is 1. The maximum atomic E-state index is 13.1. The van der Waals surface area contributed by atoms with Crippen LogP contribution in [0.5, 0.6) is 0 Å². The van der Waals surface area contributed by atoms with Gasteiger partial charge in [-0.3, -0.25) is 9.48 Å². The lowest BCUT2D eigenvalue weighted by atomic mass is 9.87. The largest absolute Gasteiger partial charge is 0.315 e. The molecule has 26 heavy (non-hydrogen) atoms. The van der Waals surface area contributed by atoms with Gasteiger partial charge in [0.25, 0.3) is 5.91 Å². The first-order chi connectivity index (χ1) is 12.0. The van der Waals surface area contributed by atoms with Crippen molar-refractivity contribution in [2.45, 2.75) is 38.1 Å². The minimum atomic E-state index is -0.167. The van der Waals surface area contributed by atoms with Crippen LogP contribution in [-0.2, 0) is 5.41 Å². The average Bonchev–Trinajstić information content (AvgIpc) is 3.19. The number of halogens is 2. The van der Waals surface area contributed by atoms with Gasteiger partial charge in [0.1, 0.15) is 0 Å². The number of hydrogen-bond acceptors (Lipinski definition) is 3. The molecule has 1 N–H and O–H groups in total. The summed E-state index contributed by atoms with van der Waals surface area (Å²) in [6, 6.07) is 7.91. The van der Waals surface area contributed by atoms with Crippen LogP contribution in [0.4, 0.5) is 5.69 Å². The van der Waals surface area contributed by atoms with Crippen molar-refractivity contribution in [2.75, 3.05) is 24.5 Å². The van der Waals surface area contributed by atoms with E-state index in [1.807, 2.05) is 40.0 Å². The van der Waals surface area contributed by atoms with E-state index in [0.29, 0.717) is 18.3 Å². The third-order valence-corrected chi connectivity index (χ3v) is 5.55. The highest BCUT2D eigenvalue weighted by Gasteiger charge is 2.40. The van der Waals surface area contributed by atoms with E-state index in [2.05, 4.69) is 24.3 Å². The van der Waals surface area contributed by atoms with Gasteiger partial charge in [-0.05, 0) is 37.6 Å². The maximum Gasteiger partial charge on any atom is 0.278 e. The second-order valence-electron chi connectivity index (χ2n) is 7.59. The van der Waals surface area contributed by atoms with Crippen molar-refractivity contribution in [1.29, 1.82) is 0 Å². The number of anilines is 1. The third-order valence-electron chi connectivity index (χ3n) is 5.23. The average molecular weight is 395 g/mol. The smallest absolute Gasteiger partial charge is 0.278 e. The highest BCUT2D eigenvalue weighted by atomic mass is 35.5. The number of carbonyl (C=O) groups excluding carboxylic acids is 1. The number of nitrogens with zero attached hydrogens (tertiary/aromatic N) is 3. The van der Waals surface area contributed by atoms with Gasteiger partial charge in [0.2, 0.25) is 0 Å². The van der Waals surface area contributed by atoms with Crippen molar-refractivity contribution in [1.82, 2.24) is 15.1 Å². The van der Waals surface area contributed by atoms with E-state index in [1.165, 1.54) is 0 Å². The first kappa shape index (κ1) is 19.2. The molecular formula is C19H24Cl2N4O. The molecule has 0 radical (unpaired) electrons. The standard InChI is InChI=1S/C19H23ClN4O.ClH/c1-19(2)12-23(16-7-3-6-14(20)17(16)19)18(25)15-8-10-24(22-15)13-5-4-9-21-11-13;/h3,6-8,10,13,21H,4-5,9,11-12H2,1-2H3;1H. The van der Waals surface area contributed by atoms with Crippen LogP contribution in [0.15, 0.2) is 30.5 Å². The van der Waals surface area contributed by atoms with Gasteiger partial charge in [-0.25, -0.2) is 0 Å². The number of fused-ring (bicyclic) bond motifs is 1. The Morgan fingerprint density at radius 3 is 2.88 bits per heavy atom. The summed E-state index contributed by atoms with van der Waals surface area (Å²) in [5.74, 6) is -0.0587. The van der Waals surface area contributed by atoms with Crippen LogP contribution in [0.1, 0.15) is 48.8 Å². The number of amides is 1. The molecule has 0 aliphatic carbocycles. The van der Waals surface area contributed by atoms with E-state index in [0.717, 1.165) is 42.2 Å². The van der Waals surface area contributed by atoms with Crippen LogP contribution >= 0.6 is 24.0 Å². The molecule has 7 heteroatoms. The van der Waals surface area contributed by atoms with Gasteiger partial charge in [0.15, 0.2) is 5.69 Å². The van der Waals surface area contributed by atoms with Gasteiger partial charge in [0, 0.05) is 41.0 Å². The lowest BCUT2D eigenvalue weighted by Crippen LogP contribution is -2.35. The molecule has 2 aliphatic rings. The highest BCUT2D eigenvalue weighted by Crippen LogP contribution is 2.44. The normalized spacial score (nSPS) is 21.2. The topological polar surface area (TPSA) is 50.2 Å². The Balaban J connectivity index is 0.00000196. The van der Waals surface area contributed by atoms with Crippen LogP contribution in [0, 0.1) is 0 Å².